The summed E-state index contributed by atoms with van der Waals surface area (Å²) in [6, 6.07) is 7.82. The minimum atomic E-state index is -4.22. The molecule has 2 aliphatic rings. The van der Waals surface area contributed by atoms with Crippen LogP contribution in [0.25, 0.3) is 0 Å². The van der Waals surface area contributed by atoms with Gasteiger partial charge in [-0.3, -0.25) is 4.79 Å². The highest BCUT2D eigenvalue weighted by atomic mass is 35.5. The van der Waals surface area contributed by atoms with E-state index in [1.54, 1.807) is 0 Å². The van der Waals surface area contributed by atoms with E-state index >= 15 is 0 Å². The lowest BCUT2D eigenvalue weighted by molar-refractivity contribution is 0.0977. The van der Waals surface area contributed by atoms with E-state index in [1.807, 2.05) is 4.72 Å². The predicted octanol–water partition coefficient (Wildman–Crippen LogP) is 4.16. The summed E-state index contributed by atoms with van der Waals surface area (Å²) in [7, 11) is -4.22. The van der Waals surface area contributed by atoms with Gasteiger partial charge < -0.3 is 14.8 Å². The number of hydrogen-bond donors (Lipinski definition) is 2. The lowest BCUT2D eigenvalue weighted by Crippen LogP contribution is -2.31. The third-order valence-electron chi connectivity index (χ3n) is 6.22. The number of hydrogen-bond acceptors (Lipinski definition) is 6. The Morgan fingerprint density at radius 3 is 2.44 bits per heavy atom. The van der Waals surface area contributed by atoms with Crippen molar-refractivity contribution in [3.05, 3.63) is 52.8 Å². The first-order valence-electron chi connectivity index (χ1n) is 11.4. The van der Waals surface area contributed by atoms with Gasteiger partial charge in [0.05, 0.1) is 28.7 Å². The highest BCUT2D eigenvalue weighted by Crippen LogP contribution is 2.31. The van der Waals surface area contributed by atoms with Gasteiger partial charge in [-0.05, 0) is 62.1 Å². The second-order valence-corrected chi connectivity index (χ2v) is 10.9. The molecule has 2 fully saturated rings. The summed E-state index contributed by atoms with van der Waals surface area (Å²) >= 11 is 6.17. The summed E-state index contributed by atoms with van der Waals surface area (Å²) in [5, 5.41) is 3.30. The fourth-order valence-electron chi connectivity index (χ4n) is 4.22. The summed E-state index contributed by atoms with van der Waals surface area (Å²) in [5.74, 6) is -0.537. The number of carbonyl (C=O) groups is 1. The van der Waals surface area contributed by atoms with Crippen molar-refractivity contribution in [2.24, 2.45) is 11.8 Å². The van der Waals surface area contributed by atoms with Crippen LogP contribution in [0.2, 0.25) is 5.02 Å². The molecule has 1 atom stereocenters. The molecular weight excluding hydrogens is 483 g/mol. The molecular formula is C24H28ClFN2O5S. The van der Waals surface area contributed by atoms with Gasteiger partial charge in [-0.15, -0.1) is 0 Å². The molecule has 2 N–H and O–H groups in total. The molecule has 1 amide bonds. The molecule has 10 heteroatoms. The zero-order valence-electron chi connectivity index (χ0n) is 18.7. The van der Waals surface area contributed by atoms with Gasteiger partial charge in [0.15, 0.2) is 0 Å². The van der Waals surface area contributed by atoms with Crippen LogP contribution in [0.5, 0.6) is 11.5 Å². The molecule has 2 aromatic carbocycles. The first-order valence-corrected chi connectivity index (χ1v) is 13.3. The maximum Gasteiger partial charge on any atom is 0.268 e. The van der Waals surface area contributed by atoms with Gasteiger partial charge in [0.25, 0.3) is 15.9 Å². The summed E-state index contributed by atoms with van der Waals surface area (Å²) < 4.78 is 53.1. The maximum absolute atomic E-state index is 14.6. The fraction of sp³-hybridized carbons (Fsp3) is 0.458. The second kappa shape index (κ2) is 10.9. The SMILES string of the molecule is O=C(NS(=O)(=O)c1ccc(OC[C@@H]2CCNC2)cc1)c1cc(Cl)c(OCC2CCCC2)cc1F. The number of amides is 1. The minimum absolute atomic E-state index is 0.0425. The van der Waals surface area contributed by atoms with Gasteiger partial charge in [0.1, 0.15) is 17.3 Å². The summed E-state index contributed by atoms with van der Waals surface area (Å²) in [6.45, 7) is 2.83. The normalized spacial score (nSPS) is 18.7. The molecule has 0 radical (unpaired) electrons. The largest absolute Gasteiger partial charge is 0.493 e. The van der Waals surface area contributed by atoms with Crippen LogP contribution in [0.4, 0.5) is 4.39 Å². The van der Waals surface area contributed by atoms with Gasteiger partial charge in [0.2, 0.25) is 0 Å². The smallest absolute Gasteiger partial charge is 0.268 e. The maximum atomic E-state index is 14.6. The van der Waals surface area contributed by atoms with Crippen LogP contribution in [0, 0.1) is 17.7 Å². The van der Waals surface area contributed by atoms with Crippen molar-refractivity contribution < 1.29 is 27.1 Å². The number of nitrogens with one attached hydrogen (secondary N) is 2. The van der Waals surface area contributed by atoms with Crippen molar-refractivity contribution in [2.45, 2.75) is 37.0 Å². The molecule has 1 saturated heterocycles. The molecule has 2 aromatic rings. The Morgan fingerprint density at radius 2 is 1.76 bits per heavy atom. The predicted molar refractivity (Wildman–Crippen MR) is 126 cm³/mol. The van der Waals surface area contributed by atoms with Crippen LogP contribution < -0.4 is 19.5 Å². The summed E-state index contributed by atoms with van der Waals surface area (Å²) in [5.41, 5.74) is -0.480. The minimum Gasteiger partial charge on any atom is -0.493 e. The second-order valence-electron chi connectivity index (χ2n) is 8.80. The molecule has 4 rings (SSSR count). The number of halogens is 2. The Balaban J connectivity index is 1.38. The van der Waals surface area contributed by atoms with Crippen LogP contribution >= 0.6 is 11.6 Å². The molecule has 1 aliphatic carbocycles. The molecule has 1 heterocycles. The standard InChI is InChI=1S/C24H28ClFN2O5S/c25-21-11-20(22(26)12-23(21)33-14-16-3-1-2-4-16)24(29)28-34(30,31)19-7-5-18(6-8-19)32-15-17-9-10-27-13-17/h5-8,11-12,16-17,27H,1-4,9-10,13-15H2,(H,28,29)/t17-/m1/s1. The van der Waals surface area contributed by atoms with Crippen LogP contribution in [0.15, 0.2) is 41.3 Å². The topological polar surface area (TPSA) is 93.7 Å². The van der Waals surface area contributed by atoms with Crippen molar-refractivity contribution in [1.82, 2.24) is 10.0 Å². The fourth-order valence-corrected chi connectivity index (χ4v) is 5.40. The average Bonchev–Trinajstić information content (AvgIpc) is 3.52. The molecule has 0 unspecified atom stereocenters. The van der Waals surface area contributed by atoms with Crippen LogP contribution in [-0.4, -0.2) is 40.6 Å². The molecule has 1 saturated carbocycles. The first kappa shape index (κ1) is 24.8. The Bertz CT molecular complexity index is 1110. The van der Waals surface area contributed by atoms with E-state index < -0.39 is 27.3 Å². The molecule has 34 heavy (non-hydrogen) atoms. The molecule has 0 bridgehead atoms. The Labute approximate surface area is 204 Å². The Hall–Kier alpha value is -2.36. The van der Waals surface area contributed by atoms with Gasteiger partial charge in [-0.25, -0.2) is 17.5 Å². The molecule has 184 valence electrons. The summed E-state index contributed by atoms with van der Waals surface area (Å²) in [4.78, 5) is 12.4. The number of benzene rings is 2. The molecule has 0 aromatic heterocycles. The van der Waals surface area contributed by atoms with E-state index in [9.17, 15) is 17.6 Å². The third-order valence-corrected chi connectivity index (χ3v) is 7.87. The highest BCUT2D eigenvalue weighted by Gasteiger charge is 2.24. The average molecular weight is 511 g/mol. The van der Waals surface area contributed by atoms with Crippen LogP contribution in [-0.2, 0) is 10.0 Å². The number of ether oxygens (including phenoxy) is 2. The van der Waals surface area contributed by atoms with Crippen molar-refractivity contribution in [3.63, 3.8) is 0 Å². The highest BCUT2D eigenvalue weighted by molar-refractivity contribution is 7.90. The number of sulfonamides is 1. The molecule has 1 aliphatic heterocycles. The number of carbonyl (C=O) groups excluding carboxylic acids is 1. The van der Waals surface area contributed by atoms with Crippen molar-refractivity contribution in [2.75, 3.05) is 26.3 Å². The lowest BCUT2D eigenvalue weighted by Gasteiger charge is -2.14. The zero-order chi connectivity index (χ0) is 24.1. The van der Waals surface area contributed by atoms with Gasteiger partial charge in [-0.1, -0.05) is 24.4 Å². The van der Waals surface area contributed by atoms with Gasteiger partial charge in [-0.2, -0.15) is 0 Å². The third kappa shape index (κ3) is 6.20. The zero-order valence-corrected chi connectivity index (χ0v) is 20.3. The molecule has 7 nitrogen and oxygen atoms in total. The van der Waals surface area contributed by atoms with E-state index in [0.29, 0.717) is 30.8 Å². The first-order chi connectivity index (χ1) is 16.3. The van der Waals surface area contributed by atoms with Crippen LogP contribution in [0.1, 0.15) is 42.5 Å². The van der Waals surface area contributed by atoms with E-state index in [2.05, 4.69) is 5.32 Å². The monoisotopic (exact) mass is 510 g/mol. The Kier molecular flexibility index (Phi) is 7.95. The molecule has 0 spiro atoms. The van der Waals surface area contributed by atoms with Gasteiger partial charge in [0, 0.05) is 18.5 Å². The van der Waals surface area contributed by atoms with E-state index in [1.165, 1.54) is 24.3 Å². The van der Waals surface area contributed by atoms with Crippen molar-refractivity contribution >= 4 is 27.5 Å². The van der Waals surface area contributed by atoms with Crippen molar-refractivity contribution in [3.8, 4) is 11.5 Å². The van der Waals surface area contributed by atoms with Crippen molar-refractivity contribution in [1.29, 1.82) is 0 Å². The lowest BCUT2D eigenvalue weighted by atomic mass is 10.1. The van der Waals surface area contributed by atoms with E-state index in [0.717, 1.165) is 57.3 Å². The Morgan fingerprint density at radius 1 is 1.06 bits per heavy atom. The van der Waals surface area contributed by atoms with E-state index in [-0.39, 0.29) is 15.7 Å². The van der Waals surface area contributed by atoms with E-state index in [4.69, 9.17) is 21.1 Å². The summed E-state index contributed by atoms with van der Waals surface area (Å²) in [6.07, 6.45) is 5.45. The van der Waals surface area contributed by atoms with Gasteiger partial charge >= 0.3 is 0 Å². The number of rotatable bonds is 9. The van der Waals surface area contributed by atoms with Crippen LogP contribution in [0.3, 0.4) is 0 Å². The quantitative estimate of drug-likeness (QED) is 0.526.